The Labute approximate surface area is 167 Å². The first-order valence-electron chi connectivity index (χ1n) is 8.82. The molecular formula is C23H22ClN2P. The van der Waals surface area contributed by atoms with Crippen molar-refractivity contribution >= 4 is 23.2 Å². The number of halogens is 1. The maximum atomic E-state index is 4.72. The molecule has 4 rings (SSSR count). The summed E-state index contributed by atoms with van der Waals surface area (Å²) in [6.07, 6.45) is 2.96. The molecule has 2 nitrogen and oxygen atoms in total. The Morgan fingerprint density at radius 1 is 0.667 bits per heavy atom. The van der Waals surface area contributed by atoms with E-state index in [1.165, 1.54) is 15.9 Å². The number of hydrogen-bond donors (Lipinski definition) is 0. The summed E-state index contributed by atoms with van der Waals surface area (Å²) in [5, 5.41) is 8.89. The lowest BCUT2D eigenvalue weighted by molar-refractivity contribution is -0.00000527. The van der Waals surface area contributed by atoms with Crippen LogP contribution in [0.15, 0.2) is 103 Å². The van der Waals surface area contributed by atoms with E-state index in [1.54, 1.807) is 0 Å². The summed E-state index contributed by atoms with van der Waals surface area (Å²) < 4.78 is 1.89. The van der Waals surface area contributed by atoms with Gasteiger partial charge in [-0.1, -0.05) is 54.6 Å². The summed E-state index contributed by atoms with van der Waals surface area (Å²) in [6.45, 7) is 0. The van der Waals surface area contributed by atoms with Crippen LogP contribution in [0.3, 0.4) is 0 Å². The SMILES string of the molecule is Cn1ccc(C[P+](c2ccccc2)(c2ccccc2)c2ccccc2)n1.[Cl-]. The van der Waals surface area contributed by atoms with Crippen LogP contribution in [0.25, 0.3) is 0 Å². The van der Waals surface area contributed by atoms with Gasteiger partial charge < -0.3 is 12.4 Å². The zero-order valence-corrected chi connectivity index (χ0v) is 16.9. The van der Waals surface area contributed by atoms with Crippen molar-refractivity contribution in [3.8, 4) is 0 Å². The molecule has 0 atom stereocenters. The second-order valence-corrected chi connectivity index (χ2v) is 9.94. The van der Waals surface area contributed by atoms with Gasteiger partial charge in [-0.25, -0.2) is 0 Å². The molecule has 0 radical (unpaired) electrons. The molecule has 0 bridgehead atoms. The zero-order valence-electron chi connectivity index (χ0n) is 15.2. The molecule has 0 spiro atoms. The molecule has 0 aliphatic carbocycles. The van der Waals surface area contributed by atoms with Crippen molar-refractivity contribution in [2.75, 3.05) is 0 Å². The van der Waals surface area contributed by atoms with Gasteiger partial charge in [0.2, 0.25) is 0 Å². The summed E-state index contributed by atoms with van der Waals surface area (Å²) in [5.74, 6) is 0. The van der Waals surface area contributed by atoms with Crippen LogP contribution in [0.4, 0.5) is 0 Å². The van der Waals surface area contributed by atoms with E-state index in [9.17, 15) is 0 Å². The topological polar surface area (TPSA) is 17.8 Å². The highest BCUT2D eigenvalue weighted by molar-refractivity contribution is 7.95. The molecule has 0 saturated heterocycles. The minimum absolute atomic E-state index is 0. The molecule has 0 N–H and O–H groups in total. The van der Waals surface area contributed by atoms with Crippen LogP contribution in [-0.2, 0) is 13.2 Å². The van der Waals surface area contributed by atoms with Crippen LogP contribution in [-0.4, -0.2) is 9.78 Å². The van der Waals surface area contributed by atoms with Gasteiger partial charge in [-0.15, -0.1) is 0 Å². The van der Waals surface area contributed by atoms with Crippen LogP contribution < -0.4 is 28.3 Å². The van der Waals surface area contributed by atoms with Gasteiger partial charge in [0.05, 0.1) is 0 Å². The smallest absolute Gasteiger partial charge is 0.118 e. The van der Waals surface area contributed by atoms with Gasteiger partial charge in [0.15, 0.2) is 0 Å². The molecule has 0 aliphatic rings. The molecule has 4 heteroatoms. The highest BCUT2D eigenvalue weighted by Gasteiger charge is 2.45. The van der Waals surface area contributed by atoms with Gasteiger partial charge in [0.25, 0.3) is 0 Å². The summed E-state index contributed by atoms with van der Waals surface area (Å²) >= 11 is 0. The van der Waals surface area contributed by atoms with Crippen LogP contribution >= 0.6 is 7.26 Å². The third-order valence-electron chi connectivity index (χ3n) is 4.76. The van der Waals surface area contributed by atoms with Gasteiger partial charge >= 0.3 is 0 Å². The monoisotopic (exact) mass is 392 g/mol. The largest absolute Gasteiger partial charge is 1.00 e. The summed E-state index contributed by atoms with van der Waals surface area (Å²) in [4.78, 5) is 0. The summed E-state index contributed by atoms with van der Waals surface area (Å²) in [7, 11) is 0.146. The van der Waals surface area contributed by atoms with Crippen molar-refractivity contribution in [3.63, 3.8) is 0 Å². The molecule has 0 aliphatic heterocycles. The molecule has 0 amide bonds. The van der Waals surface area contributed by atoms with Gasteiger partial charge in [-0.05, 0) is 42.5 Å². The fourth-order valence-electron chi connectivity index (χ4n) is 3.56. The third-order valence-corrected chi connectivity index (χ3v) is 9.10. The molecule has 3 aromatic carbocycles. The fourth-order valence-corrected chi connectivity index (χ4v) is 7.70. The number of hydrogen-bond acceptors (Lipinski definition) is 1. The second kappa shape index (κ2) is 8.52. The summed E-state index contributed by atoms with van der Waals surface area (Å²) in [6, 6.07) is 34.9. The fraction of sp³-hybridized carbons (Fsp3) is 0.0870. The zero-order chi connectivity index (χ0) is 17.8. The standard InChI is InChI=1S/C23H22N2P.ClH/c1-25-18-17-20(24-25)19-26(21-11-5-2-6-12-21,22-13-7-3-8-14-22)23-15-9-4-10-16-23;/h2-18H,19H2,1H3;1H/q+1;/p-1. The van der Waals surface area contributed by atoms with E-state index in [0.29, 0.717) is 0 Å². The number of nitrogens with zero attached hydrogens (tertiary/aromatic N) is 2. The molecule has 0 fully saturated rings. The minimum atomic E-state index is -1.84. The average Bonchev–Trinajstić information content (AvgIpc) is 3.13. The minimum Gasteiger partial charge on any atom is -1.00 e. The van der Waals surface area contributed by atoms with Crippen molar-refractivity contribution in [1.82, 2.24) is 9.78 Å². The molecular weight excluding hydrogens is 371 g/mol. The quantitative estimate of drug-likeness (QED) is 0.462. The van der Waals surface area contributed by atoms with E-state index >= 15 is 0 Å². The van der Waals surface area contributed by atoms with Crippen molar-refractivity contribution in [1.29, 1.82) is 0 Å². The maximum Gasteiger partial charge on any atom is 0.118 e. The van der Waals surface area contributed by atoms with E-state index in [1.807, 2.05) is 17.9 Å². The van der Waals surface area contributed by atoms with Gasteiger partial charge in [0.1, 0.15) is 35.0 Å². The Morgan fingerprint density at radius 2 is 1.07 bits per heavy atom. The molecule has 4 aromatic rings. The molecule has 0 unspecified atom stereocenters. The molecule has 1 heterocycles. The molecule has 1 aromatic heterocycles. The number of aromatic nitrogens is 2. The van der Waals surface area contributed by atoms with E-state index in [4.69, 9.17) is 5.10 Å². The average molecular weight is 393 g/mol. The van der Waals surface area contributed by atoms with Gasteiger partial charge in [-0.2, -0.15) is 5.10 Å². The van der Waals surface area contributed by atoms with E-state index < -0.39 is 7.26 Å². The van der Waals surface area contributed by atoms with E-state index in [-0.39, 0.29) is 12.4 Å². The predicted molar refractivity (Wildman–Crippen MR) is 112 cm³/mol. The second-order valence-electron chi connectivity index (χ2n) is 6.46. The first-order chi connectivity index (χ1) is 12.8. The third kappa shape index (κ3) is 3.83. The van der Waals surface area contributed by atoms with Crippen LogP contribution in [0.5, 0.6) is 0 Å². The van der Waals surface area contributed by atoms with Crippen molar-refractivity contribution < 1.29 is 12.4 Å². The van der Waals surface area contributed by atoms with Crippen molar-refractivity contribution in [2.24, 2.45) is 7.05 Å². The first kappa shape index (κ1) is 19.4. The van der Waals surface area contributed by atoms with E-state index in [0.717, 1.165) is 11.9 Å². The normalized spacial score (nSPS) is 11.0. The summed E-state index contributed by atoms with van der Waals surface area (Å²) in [5.41, 5.74) is 1.14. The van der Waals surface area contributed by atoms with Crippen LogP contribution in [0.2, 0.25) is 0 Å². The predicted octanol–water partition coefficient (Wildman–Crippen LogP) is 0.918. The van der Waals surface area contributed by atoms with Crippen LogP contribution in [0.1, 0.15) is 5.69 Å². The Morgan fingerprint density at radius 3 is 1.41 bits per heavy atom. The highest BCUT2D eigenvalue weighted by Crippen LogP contribution is 2.57. The Kier molecular flexibility index (Phi) is 6.11. The molecule has 27 heavy (non-hydrogen) atoms. The lowest BCUT2D eigenvalue weighted by Gasteiger charge is -2.27. The highest BCUT2D eigenvalue weighted by atomic mass is 35.5. The molecule has 136 valence electrons. The number of benzene rings is 3. The molecule has 0 saturated carbocycles. The van der Waals surface area contributed by atoms with Gasteiger partial charge in [-0.3, -0.25) is 4.68 Å². The van der Waals surface area contributed by atoms with Crippen LogP contribution in [0, 0.1) is 0 Å². The van der Waals surface area contributed by atoms with E-state index in [2.05, 4.69) is 97.1 Å². The number of rotatable bonds is 5. The Balaban J connectivity index is 0.00000210. The van der Waals surface area contributed by atoms with Crippen molar-refractivity contribution in [3.05, 3.63) is 109 Å². The number of aryl methyl sites for hydroxylation is 1. The Bertz CT molecular complexity index is 872. The maximum absolute atomic E-state index is 4.72. The lowest BCUT2D eigenvalue weighted by Crippen LogP contribution is -3.00. The van der Waals surface area contributed by atoms with Gasteiger partial charge in [0, 0.05) is 13.2 Å². The lowest BCUT2D eigenvalue weighted by atomic mass is 10.4. The first-order valence-corrected chi connectivity index (χ1v) is 10.8. The Hall–Kier alpha value is -2.41. The van der Waals surface area contributed by atoms with Crippen molar-refractivity contribution in [2.45, 2.75) is 6.16 Å².